The lowest BCUT2D eigenvalue weighted by atomic mass is 10.2. The van der Waals surface area contributed by atoms with Crippen molar-refractivity contribution in [2.24, 2.45) is 4.99 Å². The van der Waals surface area contributed by atoms with E-state index < -0.39 is 6.10 Å². The summed E-state index contributed by atoms with van der Waals surface area (Å²) < 4.78 is 1.20. The summed E-state index contributed by atoms with van der Waals surface area (Å²) in [6.45, 7) is 3.32. The largest absolute Gasteiger partial charge is 0.386 e. The summed E-state index contributed by atoms with van der Waals surface area (Å²) in [5, 5.41) is 21.5. The van der Waals surface area contributed by atoms with E-state index in [4.69, 9.17) is 0 Å². The Morgan fingerprint density at radius 3 is 2.85 bits per heavy atom. The minimum atomic E-state index is -0.547. The zero-order chi connectivity index (χ0) is 19.1. The third-order valence-electron chi connectivity index (χ3n) is 4.24. The Hall–Kier alpha value is -1.96. The monoisotopic (exact) mass is 402 g/mol. The highest BCUT2D eigenvalue weighted by molar-refractivity contribution is 7.19. The van der Waals surface area contributed by atoms with Crippen LogP contribution < -0.4 is 10.6 Å². The molecule has 0 saturated carbocycles. The molecule has 0 aliphatic rings. The van der Waals surface area contributed by atoms with Gasteiger partial charge in [-0.05, 0) is 43.7 Å². The van der Waals surface area contributed by atoms with E-state index in [0.29, 0.717) is 6.54 Å². The fourth-order valence-corrected chi connectivity index (χ4v) is 4.68. The number of aliphatic hydroxyl groups is 1. The van der Waals surface area contributed by atoms with Gasteiger partial charge in [0.2, 0.25) is 0 Å². The number of benzene rings is 1. The van der Waals surface area contributed by atoms with E-state index in [0.717, 1.165) is 42.3 Å². The van der Waals surface area contributed by atoms with Crippen molar-refractivity contribution in [2.75, 3.05) is 20.1 Å². The minimum absolute atomic E-state index is 0.435. The molecule has 3 N–H and O–H groups in total. The van der Waals surface area contributed by atoms with E-state index >= 15 is 0 Å². The summed E-state index contributed by atoms with van der Waals surface area (Å²) in [6.07, 6.45) is 2.63. The average Bonchev–Trinajstić information content (AvgIpc) is 3.29. The first-order valence-electron chi connectivity index (χ1n) is 9.18. The van der Waals surface area contributed by atoms with Crippen LogP contribution in [0.2, 0.25) is 0 Å². The number of aliphatic imine (C=N–C) groups is 1. The van der Waals surface area contributed by atoms with Gasteiger partial charge in [0, 0.05) is 40.8 Å². The van der Waals surface area contributed by atoms with Crippen LogP contribution in [0.3, 0.4) is 0 Å². The molecule has 0 aliphatic carbocycles. The van der Waals surface area contributed by atoms with E-state index in [-0.39, 0.29) is 0 Å². The van der Waals surface area contributed by atoms with Gasteiger partial charge in [0.05, 0.1) is 5.01 Å². The van der Waals surface area contributed by atoms with E-state index in [1.54, 1.807) is 29.7 Å². The van der Waals surface area contributed by atoms with E-state index in [2.05, 4.69) is 44.2 Å². The molecule has 0 spiro atoms. The molecular formula is C20H26N4OS2. The normalized spacial score (nSPS) is 13.1. The van der Waals surface area contributed by atoms with Crippen LogP contribution in [-0.4, -0.2) is 36.2 Å². The van der Waals surface area contributed by atoms with Gasteiger partial charge in [0.1, 0.15) is 6.10 Å². The fourth-order valence-electron chi connectivity index (χ4n) is 2.81. The highest BCUT2D eigenvalue weighted by Crippen LogP contribution is 2.29. The molecule has 0 aliphatic heterocycles. The minimum Gasteiger partial charge on any atom is -0.386 e. The highest BCUT2D eigenvalue weighted by Gasteiger charge is 2.12. The Balaban J connectivity index is 1.38. The number of nitrogens with one attached hydrogen (secondary N) is 2. The van der Waals surface area contributed by atoms with Crippen molar-refractivity contribution >= 4 is 38.7 Å². The number of hydrogen-bond acceptors (Lipinski definition) is 5. The topological polar surface area (TPSA) is 69.5 Å². The van der Waals surface area contributed by atoms with Gasteiger partial charge in [-0.25, -0.2) is 4.98 Å². The predicted octanol–water partition coefficient (Wildman–Crippen LogP) is 3.89. The molecule has 2 heterocycles. The smallest absolute Gasteiger partial charge is 0.191 e. The molecule has 0 fully saturated rings. The molecule has 0 saturated heterocycles. The van der Waals surface area contributed by atoms with Gasteiger partial charge in [-0.15, -0.1) is 22.7 Å². The number of fused-ring (bicyclic) bond motifs is 1. The molecule has 1 aromatic carbocycles. The van der Waals surface area contributed by atoms with Crippen LogP contribution in [0.4, 0.5) is 0 Å². The molecule has 1 atom stereocenters. The van der Waals surface area contributed by atoms with E-state index in [9.17, 15) is 5.11 Å². The lowest BCUT2D eigenvalue weighted by Gasteiger charge is -2.14. The summed E-state index contributed by atoms with van der Waals surface area (Å²) in [5.41, 5.74) is 1.11. The van der Waals surface area contributed by atoms with Crippen molar-refractivity contribution in [3.05, 3.63) is 51.3 Å². The fraction of sp³-hybridized carbons (Fsp3) is 0.400. The first-order valence-corrected chi connectivity index (χ1v) is 10.9. The molecule has 1 unspecified atom stereocenters. The first kappa shape index (κ1) is 19.8. The van der Waals surface area contributed by atoms with Crippen molar-refractivity contribution in [1.29, 1.82) is 0 Å². The van der Waals surface area contributed by atoms with Crippen LogP contribution in [0.5, 0.6) is 0 Å². The number of aliphatic hydroxyl groups excluding tert-OH is 1. The molecule has 0 bridgehead atoms. The molecule has 0 amide bonds. The molecule has 144 valence electrons. The van der Waals surface area contributed by atoms with E-state index in [1.807, 2.05) is 19.1 Å². The molecule has 3 rings (SSSR count). The molecule has 7 heteroatoms. The molecule has 0 radical (unpaired) electrons. The number of thiazole rings is 1. The van der Waals surface area contributed by atoms with Gasteiger partial charge in [-0.1, -0.05) is 18.2 Å². The van der Waals surface area contributed by atoms with Crippen LogP contribution in [0.15, 0.2) is 40.7 Å². The van der Waals surface area contributed by atoms with Crippen LogP contribution in [0, 0.1) is 6.92 Å². The number of rotatable bonds is 8. The number of hydrogen-bond donors (Lipinski definition) is 3. The zero-order valence-electron chi connectivity index (χ0n) is 15.7. The molecule has 27 heavy (non-hydrogen) atoms. The lowest BCUT2D eigenvalue weighted by molar-refractivity contribution is 0.184. The summed E-state index contributed by atoms with van der Waals surface area (Å²) in [4.78, 5) is 9.69. The Labute approximate surface area is 168 Å². The Bertz CT molecular complexity index is 854. The Kier molecular flexibility index (Phi) is 7.20. The second-order valence-corrected chi connectivity index (χ2v) is 8.48. The Morgan fingerprint density at radius 1 is 1.26 bits per heavy atom. The molecule has 2 aromatic heterocycles. The maximum atomic E-state index is 10.5. The van der Waals surface area contributed by atoms with Gasteiger partial charge in [0.25, 0.3) is 0 Å². The van der Waals surface area contributed by atoms with Crippen molar-refractivity contribution in [3.63, 3.8) is 0 Å². The number of nitrogens with zero attached hydrogens (tertiary/aromatic N) is 2. The first-order chi connectivity index (χ1) is 13.2. The second kappa shape index (κ2) is 9.82. The lowest BCUT2D eigenvalue weighted by Crippen LogP contribution is -2.39. The summed E-state index contributed by atoms with van der Waals surface area (Å²) >= 11 is 3.37. The van der Waals surface area contributed by atoms with Crippen molar-refractivity contribution < 1.29 is 5.11 Å². The third-order valence-corrected chi connectivity index (χ3v) is 6.48. The molecule has 5 nitrogen and oxygen atoms in total. The maximum Gasteiger partial charge on any atom is 0.191 e. The summed E-state index contributed by atoms with van der Waals surface area (Å²) in [6, 6.07) is 10.3. The summed E-state index contributed by atoms with van der Waals surface area (Å²) in [7, 11) is 1.75. The highest BCUT2D eigenvalue weighted by atomic mass is 32.1. The van der Waals surface area contributed by atoms with Gasteiger partial charge < -0.3 is 15.7 Å². The maximum absolute atomic E-state index is 10.5. The van der Waals surface area contributed by atoms with Gasteiger partial charge in [-0.3, -0.25) is 4.99 Å². The van der Waals surface area contributed by atoms with Crippen LogP contribution in [0.25, 0.3) is 10.1 Å². The molecular weight excluding hydrogens is 376 g/mol. The van der Waals surface area contributed by atoms with Gasteiger partial charge >= 0.3 is 0 Å². The average molecular weight is 403 g/mol. The standard InChI is InChI=1S/C20H26N4OS2/c1-14-13-26-19(24-14)9-5-6-10-22-20(21-2)23-12-16(25)18-11-15-7-3-4-8-17(15)27-18/h3-4,7-8,11,13,16,25H,5-6,9-10,12H2,1-2H3,(H2,21,22,23). The van der Waals surface area contributed by atoms with Crippen LogP contribution in [-0.2, 0) is 6.42 Å². The van der Waals surface area contributed by atoms with Gasteiger partial charge in [0.15, 0.2) is 5.96 Å². The van der Waals surface area contributed by atoms with Gasteiger partial charge in [-0.2, -0.15) is 0 Å². The van der Waals surface area contributed by atoms with E-state index in [1.165, 1.54) is 15.1 Å². The number of aromatic nitrogens is 1. The summed E-state index contributed by atoms with van der Waals surface area (Å²) in [5.74, 6) is 0.722. The predicted molar refractivity (Wildman–Crippen MR) is 116 cm³/mol. The van der Waals surface area contributed by atoms with Crippen molar-refractivity contribution in [1.82, 2.24) is 15.6 Å². The SMILES string of the molecule is CN=C(NCCCCc1nc(C)cs1)NCC(O)c1cc2ccccc2s1. The van der Waals surface area contributed by atoms with Crippen molar-refractivity contribution in [3.8, 4) is 0 Å². The zero-order valence-corrected chi connectivity index (χ0v) is 17.4. The third kappa shape index (κ3) is 5.76. The van der Waals surface area contributed by atoms with Crippen molar-refractivity contribution in [2.45, 2.75) is 32.3 Å². The second-order valence-electron chi connectivity index (χ2n) is 6.42. The quantitative estimate of drug-likeness (QED) is 0.304. The molecule has 3 aromatic rings. The van der Waals surface area contributed by atoms with Crippen LogP contribution in [0.1, 0.15) is 34.5 Å². The van der Waals surface area contributed by atoms with Crippen LogP contribution >= 0.6 is 22.7 Å². The number of guanidine groups is 1. The number of unbranched alkanes of at least 4 members (excludes halogenated alkanes) is 1. The number of aryl methyl sites for hydroxylation is 2. The number of thiophene rings is 1. The Morgan fingerprint density at radius 2 is 2.11 bits per heavy atom.